The molecule has 23 heavy (non-hydrogen) atoms. The zero-order valence-electron chi connectivity index (χ0n) is 12.8. The molecule has 0 unspecified atom stereocenters. The van der Waals surface area contributed by atoms with Crippen molar-refractivity contribution in [2.45, 2.75) is 26.3 Å². The van der Waals surface area contributed by atoms with E-state index >= 15 is 0 Å². The van der Waals surface area contributed by atoms with Crippen LogP contribution in [0.4, 0.5) is 4.79 Å². The van der Waals surface area contributed by atoms with Gasteiger partial charge < -0.3 is 15.8 Å². The van der Waals surface area contributed by atoms with Crippen molar-refractivity contribution >= 4 is 34.7 Å². The summed E-state index contributed by atoms with van der Waals surface area (Å²) in [5, 5.41) is 1.73. The molecular formula is C15H18N2O5S. The maximum absolute atomic E-state index is 11.7. The minimum Gasteiger partial charge on any atom is -0.418 e. The number of primary amides is 1. The van der Waals surface area contributed by atoms with Gasteiger partial charge in [0.25, 0.3) is 0 Å². The van der Waals surface area contributed by atoms with Gasteiger partial charge in [0, 0.05) is 19.1 Å². The second-order valence-corrected chi connectivity index (χ2v) is 5.80. The molecule has 3 N–H and O–H groups in total. The van der Waals surface area contributed by atoms with E-state index in [1.54, 1.807) is 24.3 Å². The molecule has 8 heteroatoms. The van der Waals surface area contributed by atoms with Crippen LogP contribution < -0.4 is 15.8 Å². The standard InChI is InChI=1S/C15H18N2O5S/c1-9(18)7-11-3-5-12(6-4-11)22-15(21)23-8-13(14(16)20)17-10(2)19/h3-6,13H,7-8H2,1-2H3,(H2,16,20)(H,17,19)/t13-/m0/s1. The number of hydrogen-bond acceptors (Lipinski definition) is 6. The van der Waals surface area contributed by atoms with E-state index in [0.717, 1.165) is 17.3 Å². The SMILES string of the molecule is CC(=O)Cc1ccc(OC(=O)SC[C@H](NC(C)=O)C(N)=O)cc1. The molecule has 1 aromatic rings. The number of ether oxygens (including phenoxy) is 1. The largest absolute Gasteiger partial charge is 0.418 e. The van der Waals surface area contributed by atoms with Crippen molar-refractivity contribution in [1.29, 1.82) is 0 Å². The van der Waals surface area contributed by atoms with Crippen molar-refractivity contribution < 1.29 is 23.9 Å². The summed E-state index contributed by atoms with van der Waals surface area (Å²) >= 11 is 0.734. The summed E-state index contributed by atoms with van der Waals surface area (Å²) in [7, 11) is 0. The van der Waals surface area contributed by atoms with Gasteiger partial charge in [-0.15, -0.1) is 0 Å². The van der Waals surface area contributed by atoms with Crippen LogP contribution in [0.25, 0.3) is 0 Å². The van der Waals surface area contributed by atoms with Gasteiger partial charge >= 0.3 is 5.30 Å². The number of nitrogens with one attached hydrogen (secondary N) is 1. The van der Waals surface area contributed by atoms with E-state index in [-0.39, 0.29) is 11.5 Å². The van der Waals surface area contributed by atoms with Crippen LogP contribution in [0.15, 0.2) is 24.3 Å². The average Bonchev–Trinajstić information content (AvgIpc) is 2.44. The van der Waals surface area contributed by atoms with Crippen LogP contribution in [0.3, 0.4) is 0 Å². The smallest absolute Gasteiger partial charge is 0.372 e. The second-order valence-electron chi connectivity index (χ2n) is 4.84. The van der Waals surface area contributed by atoms with Crippen LogP contribution in [0.5, 0.6) is 5.75 Å². The fourth-order valence-corrected chi connectivity index (χ4v) is 2.39. The molecule has 0 fully saturated rings. The third-order valence-corrected chi connectivity index (χ3v) is 3.49. The fraction of sp³-hybridized carbons (Fsp3) is 0.333. The molecule has 0 aliphatic heterocycles. The maximum Gasteiger partial charge on any atom is 0.372 e. The van der Waals surface area contributed by atoms with E-state index in [2.05, 4.69) is 5.32 Å². The summed E-state index contributed by atoms with van der Waals surface area (Å²) in [6, 6.07) is 5.60. The number of thioether (sulfide) groups is 1. The Morgan fingerprint density at radius 2 is 1.78 bits per heavy atom. The monoisotopic (exact) mass is 338 g/mol. The molecule has 0 bridgehead atoms. The lowest BCUT2D eigenvalue weighted by atomic mass is 10.1. The minimum atomic E-state index is -0.942. The van der Waals surface area contributed by atoms with E-state index in [0.29, 0.717) is 12.2 Å². The van der Waals surface area contributed by atoms with Gasteiger partial charge in [-0.1, -0.05) is 12.1 Å². The van der Waals surface area contributed by atoms with Gasteiger partial charge in [-0.3, -0.25) is 14.4 Å². The summed E-state index contributed by atoms with van der Waals surface area (Å²) in [5.41, 5.74) is 5.96. The highest BCUT2D eigenvalue weighted by Crippen LogP contribution is 2.17. The van der Waals surface area contributed by atoms with Gasteiger partial charge in [0.15, 0.2) is 0 Å². The number of benzene rings is 1. The Kier molecular flexibility index (Phi) is 7.27. The molecule has 2 amide bonds. The average molecular weight is 338 g/mol. The summed E-state index contributed by atoms with van der Waals surface area (Å²) in [5.74, 6) is -0.792. The topological polar surface area (TPSA) is 116 Å². The van der Waals surface area contributed by atoms with Gasteiger partial charge in [0.1, 0.15) is 17.6 Å². The highest BCUT2D eigenvalue weighted by Gasteiger charge is 2.19. The molecule has 1 rings (SSSR count). The number of rotatable bonds is 7. The molecule has 1 atom stereocenters. The number of carbonyl (C=O) groups excluding carboxylic acids is 4. The highest BCUT2D eigenvalue weighted by molar-refractivity contribution is 8.13. The predicted molar refractivity (Wildman–Crippen MR) is 86.1 cm³/mol. The Hall–Kier alpha value is -2.35. The third kappa shape index (κ3) is 7.46. The Labute approximate surface area is 137 Å². The van der Waals surface area contributed by atoms with Crippen LogP contribution in [-0.4, -0.2) is 34.7 Å². The minimum absolute atomic E-state index is 0.0177. The molecule has 0 heterocycles. The van der Waals surface area contributed by atoms with Crippen molar-refractivity contribution in [3.8, 4) is 5.75 Å². The zero-order chi connectivity index (χ0) is 17.4. The van der Waals surface area contributed by atoms with Crippen LogP contribution in [0, 0.1) is 0 Å². The number of ketones is 1. The van der Waals surface area contributed by atoms with E-state index in [1.807, 2.05) is 0 Å². The highest BCUT2D eigenvalue weighted by atomic mass is 32.2. The normalized spacial score (nSPS) is 11.4. The van der Waals surface area contributed by atoms with E-state index in [4.69, 9.17) is 10.5 Å². The van der Waals surface area contributed by atoms with E-state index in [1.165, 1.54) is 13.8 Å². The number of Topliss-reactive ketones (excluding diaryl/α,β-unsaturated/α-hetero) is 1. The molecule has 1 aromatic carbocycles. The summed E-state index contributed by atoms with van der Waals surface area (Å²) in [6.07, 6.45) is 0.319. The van der Waals surface area contributed by atoms with Crippen molar-refractivity contribution in [3.05, 3.63) is 29.8 Å². The number of nitrogens with two attached hydrogens (primary N) is 1. The number of amides is 2. The molecule has 0 spiro atoms. The van der Waals surface area contributed by atoms with Crippen molar-refractivity contribution in [2.75, 3.05) is 5.75 Å². The van der Waals surface area contributed by atoms with Gasteiger partial charge in [-0.05, 0) is 36.4 Å². The molecule has 0 saturated carbocycles. The Balaban J connectivity index is 2.51. The van der Waals surface area contributed by atoms with Crippen LogP contribution >= 0.6 is 11.8 Å². The first-order chi connectivity index (χ1) is 10.8. The van der Waals surface area contributed by atoms with E-state index in [9.17, 15) is 19.2 Å². The molecule has 0 saturated heterocycles. The van der Waals surface area contributed by atoms with Gasteiger partial charge in [0.05, 0.1) is 0 Å². The maximum atomic E-state index is 11.7. The molecule has 0 aliphatic rings. The zero-order valence-corrected chi connectivity index (χ0v) is 13.6. The first-order valence-electron chi connectivity index (χ1n) is 6.77. The molecule has 0 radical (unpaired) electrons. The Bertz CT molecular complexity index is 600. The lowest BCUT2D eigenvalue weighted by Gasteiger charge is -2.13. The summed E-state index contributed by atoms with van der Waals surface area (Å²) in [6.45, 7) is 2.75. The van der Waals surface area contributed by atoms with Gasteiger partial charge in [-0.2, -0.15) is 0 Å². The van der Waals surface area contributed by atoms with Crippen LogP contribution in [0.1, 0.15) is 19.4 Å². The van der Waals surface area contributed by atoms with Crippen LogP contribution in [0.2, 0.25) is 0 Å². The Morgan fingerprint density at radius 1 is 1.17 bits per heavy atom. The molecule has 7 nitrogen and oxygen atoms in total. The van der Waals surface area contributed by atoms with Crippen molar-refractivity contribution in [3.63, 3.8) is 0 Å². The molecular weight excluding hydrogens is 320 g/mol. The van der Waals surface area contributed by atoms with Gasteiger partial charge in [-0.25, -0.2) is 4.79 Å². The Morgan fingerprint density at radius 3 is 2.26 bits per heavy atom. The van der Waals surface area contributed by atoms with Crippen molar-refractivity contribution in [2.24, 2.45) is 5.73 Å². The number of hydrogen-bond donors (Lipinski definition) is 2. The lowest BCUT2D eigenvalue weighted by molar-refractivity contribution is -0.125. The van der Waals surface area contributed by atoms with Gasteiger partial charge in [0.2, 0.25) is 11.8 Å². The molecule has 0 aliphatic carbocycles. The summed E-state index contributed by atoms with van der Waals surface area (Å²) < 4.78 is 5.08. The molecule has 124 valence electrons. The lowest BCUT2D eigenvalue weighted by Crippen LogP contribution is -2.45. The predicted octanol–water partition coefficient (Wildman–Crippen LogP) is 1.04. The second kappa shape index (κ2) is 8.94. The first kappa shape index (κ1) is 18.7. The van der Waals surface area contributed by atoms with Crippen molar-refractivity contribution in [1.82, 2.24) is 5.32 Å². The third-order valence-electron chi connectivity index (χ3n) is 2.67. The fourth-order valence-electron chi connectivity index (χ4n) is 1.68. The summed E-state index contributed by atoms with van der Waals surface area (Å²) in [4.78, 5) is 44.8. The molecule has 0 aromatic heterocycles. The quantitative estimate of drug-likeness (QED) is 0.718. The van der Waals surface area contributed by atoms with E-state index < -0.39 is 23.2 Å². The first-order valence-corrected chi connectivity index (χ1v) is 7.76. The van der Waals surface area contributed by atoms with Crippen LogP contribution in [-0.2, 0) is 20.8 Å². The number of carbonyl (C=O) groups is 4.